The van der Waals surface area contributed by atoms with Crippen LogP contribution in [-0.2, 0) is 21.2 Å². The second kappa shape index (κ2) is 7.34. The third-order valence-electron chi connectivity index (χ3n) is 5.64. The third kappa shape index (κ3) is 3.50. The quantitative estimate of drug-likeness (QED) is 0.537. The van der Waals surface area contributed by atoms with Crippen LogP contribution in [0.25, 0.3) is 0 Å². The first-order chi connectivity index (χ1) is 15.6. The summed E-state index contributed by atoms with van der Waals surface area (Å²) < 4.78 is 38.4. The highest BCUT2D eigenvalue weighted by atomic mass is 32.2. The van der Waals surface area contributed by atoms with Gasteiger partial charge in [-0.15, -0.1) is 0 Å². The molecular formula is C22H19FN6O3S. The summed E-state index contributed by atoms with van der Waals surface area (Å²) in [5.74, 6) is -1.27. The number of aromatic nitrogens is 2. The molecule has 33 heavy (non-hydrogen) atoms. The van der Waals surface area contributed by atoms with Crippen LogP contribution in [0.1, 0.15) is 25.0 Å². The number of sulfone groups is 1. The Morgan fingerprint density at radius 2 is 1.85 bits per heavy atom. The lowest BCUT2D eigenvalue weighted by molar-refractivity contribution is -0.118. The van der Waals surface area contributed by atoms with E-state index in [0.29, 0.717) is 12.2 Å². The molecule has 0 fully saturated rings. The molecule has 0 radical (unpaired) electrons. The van der Waals surface area contributed by atoms with Crippen molar-refractivity contribution < 1.29 is 17.6 Å². The van der Waals surface area contributed by atoms with Crippen molar-refractivity contribution >= 4 is 50.8 Å². The number of fused-ring (bicyclic) bond motifs is 2. The summed E-state index contributed by atoms with van der Waals surface area (Å²) in [6, 6.07) is 10.00. The van der Waals surface area contributed by atoms with Gasteiger partial charge in [-0.3, -0.25) is 9.79 Å². The molecule has 168 valence electrons. The maximum Gasteiger partial charge on any atom is 0.245 e. The van der Waals surface area contributed by atoms with E-state index in [2.05, 4.69) is 30.9 Å². The fourth-order valence-electron chi connectivity index (χ4n) is 3.57. The number of nitrogens with one attached hydrogen (secondary N) is 3. The SMILES string of the molecule is CC1(C)C(=O)Nc2cc(Nc3nc(Nc4ccc5c(c4)C=NC5)ncc3F)ccc2S1(=O)=O. The van der Waals surface area contributed by atoms with E-state index in [1.54, 1.807) is 6.21 Å². The zero-order valence-corrected chi connectivity index (χ0v) is 18.5. The second-order valence-electron chi connectivity index (χ2n) is 8.20. The normalized spacial score (nSPS) is 17.1. The van der Waals surface area contributed by atoms with Crippen LogP contribution in [0.3, 0.4) is 0 Å². The Kier molecular flexibility index (Phi) is 4.67. The summed E-state index contributed by atoms with van der Waals surface area (Å²) in [7, 11) is -3.87. The van der Waals surface area contributed by atoms with Gasteiger partial charge in [0.15, 0.2) is 21.5 Å². The fraction of sp³-hybridized carbons (Fsp3) is 0.182. The van der Waals surface area contributed by atoms with Crippen LogP contribution >= 0.6 is 0 Å². The summed E-state index contributed by atoms with van der Waals surface area (Å²) in [4.78, 5) is 24.7. The van der Waals surface area contributed by atoms with Gasteiger partial charge in [-0.1, -0.05) is 6.07 Å². The Morgan fingerprint density at radius 1 is 1.09 bits per heavy atom. The van der Waals surface area contributed by atoms with E-state index in [-0.39, 0.29) is 22.3 Å². The van der Waals surface area contributed by atoms with Gasteiger partial charge in [0.1, 0.15) is 4.75 Å². The number of halogens is 1. The molecule has 11 heteroatoms. The minimum Gasteiger partial charge on any atom is -0.338 e. The van der Waals surface area contributed by atoms with E-state index in [4.69, 9.17) is 0 Å². The van der Waals surface area contributed by atoms with Crippen molar-refractivity contribution in [2.75, 3.05) is 16.0 Å². The number of hydrogen-bond acceptors (Lipinski definition) is 8. The lowest BCUT2D eigenvalue weighted by Crippen LogP contribution is -2.48. The molecule has 0 bridgehead atoms. The van der Waals surface area contributed by atoms with Crippen molar-refractivity contribution in [1.29, 1.82) is 0 Å². The highest BCUT2D eigenvalue weighted by Crippen LogP contribution is 2.38. The Hall–Kier alpha value is -3.86. The molecule has 0 atom stereocenters. The highest BCUT2D eigenvalue weighted by Gasteiger charge is 2.47. The first kappa shape index (κ1) is 21.0. The summed E-state index contributed by atoms with van der Waals surface area (Å²) in [6.45, 7) is 3.35. The zero-order chi connectivity index (χ0) is 23.4. The highest BCUT2D eigenvalue weighted by molar-refractivity contribution is 7.94. The Balaban J connectivity index is 1.42. The smallest absolute Gasteiger partial charge is 0.245 e. The molecule has 3 aromatic rings. The molecular weight excluding hydrogens is 447 g/mol. The van der Waals surface area contributed by atoms with Gasteiger partial charge in [0.2, 0.25) is 11.9 Å². The second-order valence-corrected chi connectivity index (χ2v) is 10.7. The predicted octanol–water partition coefficient (Wildman–Crippen LogP) is 3.54. The molecule has 0 saturated heterocycles. The van der Waals surface area contributed by atoms with Gasteiger partial charge in [-0.05, 0) is 55.3 Å². The molecule has 2 aliphatic rings. The monoisotopic (exact) mass is 466 g/mol. The molecule has 0 aliphatic carbocycles. The topological polar surface area (TPSA) is 125 Å². The lowest BCUT2D eigenvalue weighted by atomic mass is 10.1. The Labute approximate surface area is 189 Å². The summed E-state index contributed by atoms with van der Waals surface area (Å²) >= 11 is 0. The van der Waals surface area contributed by atoms with Gasteiger partial charge >= 0.3 is 0 Å². The van der Waals surface area contributed by atoms with E-state index in [1.807, 2.05) is 18.2 Å². The van der Waals surface area contributed by atoms with E-state index in [0.717, 1.165) is 23.0 Å². The number of rotatable bonds is 4. The van der Waals surface area contributed by atoms with Gasteiger partial charge < -0.3 is 16.0 Å². The molecule has 9 nitrogen and oxygen atoms in total. The van der Waals surface area contributed by atoms with Gasteiger partial charge in [0.05, 0.1) is 23.3 Å². The molecule has 5 rings (SSSR count). The van der Waals surface area contributed by atoms with Crippen LogP contribution in [-0.4, -0.2) is 35.3 Å². The lowest BCUT2D eigenvalue weighted by Gasteiger charge is -2.30. The molecule has 3 N–H and O–H groups in total. The van der Waals surface area contributed by atoms with Crippen LogP contribution < -0.4 is 16.0 Å². The number of carbonyl (C=O) groups is 1. The molecule has 2 aromatic carbocycles. The average Bonchev–Trinajstić information content (AvgIpc) is 3.23. The zero-order valence-electron chi connectivity index (χ0n) is 17.7. The van der Waals surface area contributed by atoms with E-state index < -0.39 is 26.3 Å². The number of nitrogens with zero attached hydrogens (tertiary/aromatic N) is 3. The standard InChI is InChI=1S/C22H19FN6O3S/c1-22(2)20(30)28-17-8-15(5-6-18(17)33(22,31)32)26-19-16(23)11-25-21(29-19)27-14-4-3-12-9-24-10-13(12)7-14/h3-8,10-11H,9H2,1-2H3,(H,28,30)(H2,25,26,27,29). The van der Waals surface area contributed by atoms with Crippen molar-refractivity contribution in [2.45, 2.75) is 30.0 Å². The molecule has 1 amide bonds. The average molecular weight is 466 g/mol. The Bertz CT molecular complexity index is 1450. The number of benzene rings is 2. The number of anilines is 5. The predicted molar refractivity (Wildman–Crippen MR) is 123 cm³/mol. The van der Waals surface area contributed by atoms with Crippen molar-refractivity contribution in [3.63, 3.8) is 0 Å². The molecule has 0 spiro atoms. The summed E-state index contributed by atoms with van der Waals surface area (Å²) in [5.41, 5.74) is 3.31. The van der Waals surface area contributed by atoms with Crippen LogP contribution in [0.15, 0.2) is 52.5 Å². The number of amides is 1. The fourth-order valence-corrected chi connectivity index (χ4v) is 5.06. The van der Waals surface area contributed by atoms with E-state index in [1.165, 1.54) is 32.0 Å². The molecule has 3 heterocycles. The minimum absolute atomic E-state index is 0.00307. The molecule has 0 saturated carbocycles. The first-order valence-corrected chi connectivity index (χ1v) is 11.5. The van der Waals surface area contributed by atoms with E-state index in [9.17, 15) is 17.6 Å². The number of aliphatic imine (C=N–C) groups is 1. The van der Waals surface area contributed by atoms with E-state index >= 15 is 0 Å². The van der Waals surface area contributed by atoms with Crippen LogP contribution in [0.4, 0.5) is 33.2 Å². The van der Waals surface area contributed by atoms with Gasteiger partial charge in [0, 0.05) is 17.6 Å². The third-order valence-corrected chi connectivity index (χ3v) is 8.10. The van der Waals surface area contributed by atoms with Crippen molar-refractivity contribution in [1.82, 2.24) is 9.97 Å². The van der Waals surface area contributed by atoms with Crippen LogP contribution in [0.5, 0.6) is 0 Å². The first-order valence-electron chi connectivity index (χ1n) is 10.0. The van der Waals surface area contributed by atoms with Crippen molar-refractivity contribution in [3.8, 4) is 0 Å². The minimum atomic E-state index is -3.87. The maximum atomic E-state index is 14.4. The van der Waals surface area contributed by atoms with Gasteiger partial charge in [-0.25, -0.2) is 17.8 Å². The molecule has 1 aromatic heterocycles. The van der Waals surface area contributed by atoms with Gasteiger partial charge in [-0.2, -0.15) is 4.98 Å². The number of carbonyl (C=O) groups excluding carboxylic acids is 1. The van der Waals surface area contributed by atoms with Crippen molar-refractivity contribution in [2.24, 2.45) is 4.99 Å². The molecule has 2 aliphatic heterocycles. The Morgan fingerprint density at radius 3 is 2.67 bits per heavy atom. The number of hydrogen-bond donors (Lipinski definition) is 3. The molecule has 0 unspecified atom stereocenters. The van der Waals surface area contributed by atoms with Crippen molar-refractivity contribution in [3.05, 3.63) is 59.5 Å². The summed E-state index contributed by atoms with van der Waals surface area (Å²) in [6.07, 6.45) is 2.81. The van der Waals surface area contributed by atoms with Crippen LogP contribution in [0.2, 0.25) is 0 Å². The van der Waals surface area contributed by atoms with Gasteiger partial charge in [0.25, 0.3) is 0 Å². The summed E-state index contributed by atoms with van der Waals surface area (Å²) in [5, 5.41) is 8.46. The largest absolute Gasteiger partial charge is 0.338 e. The maximum absolute atomic E-state index is 14.4. The van der Waals surface area contributed by atoms with Crippen LogP contribution in [0, 0.1) is 5.82 Å².